The smallest absolute Gasteiger partial charge is 0.133 e. The molecule has 1 atom stereocenters. The Hall–Kier alpha value is -1.13. The van der Waals surface area contributed by atoms with Crippen LogP contribution in [-0.2, 0) is 6.54 Å². The Balaban J connectivity index is 2.08. The molecule has 4 heteroatoms. The summed E-state index contributed by atoms with van der Waals surface area (Å²) in [5, 5.41) is 3.50. The molecule has 1 aliphatic heterocycles. The van der Waals surface area contributed by atoms with Crippen molar-refractivity contribution >= 4 is 5.82 Å². The molecule has 1 fully saturated rings. The predicted octanol–water partition coefficient (Wildman–Crippen LogP) is 2.11. The molecular formula is C16H28N4. The zero-order chi connectivity index (χ0) is 14.5. The van der Waals surface area contributed by atoms with Crippen molar-refractivity contribution in [1.82, 2.24) is 15.2 Å². The van der Waals surface area contributed by atoms with Crippen molar-refractivity contribution in [3.05, 3.63) is 23.9 Å². The number of rotatable bonds is 5. The van der Waals surface area contributed by atoms with Crippen LogP contribution in [0.3, 0.4) is 0 Å². The van der Waals surface area contributed by atoms with E-state index in [0.29, 0.717) is 12.1 Å². The van der Waals surface area contributed by atoms with E-state index in [0.717, 1.165) is 38.5 Å². The summed E-state index contributed by atoms with van der Waals surface area (Å²) in [6, 6.07) is 5.32. The second-order valence-corrected chi connectivity index (χ2v) is 5.95. The van der Waals surface area contributed by atoms with Gasteiger partial charge in [0.15, 0.2) is 0 Å². The van der Waals surface area contributed by atoms with E-state index in [1.807, 2.05) is 12.3 Å². The average Bonchev–Trinajstić information content (AvgIpc) is 2.45. The van der Waals surface area contributed by atoms with Gasteiger partial charge in [-0.1, -0.05) is 26.8 Å². The third kappa shape index (κ3) is 3.70. The molecule has 0 amide bonds. The summed E-state index contributed by atoms with van der Waals surface area (Å²) in [6.07, 6.45) is 1.91. The molecule has 1 aliphatic rings. The first-order valence-corrected chi connectivity index (χ1v) is 7.78. The van der Waals surface area contributed by atoms with Crippen LogP contribution in [0.1, 0.15) is 33.3 Å². The fourth-order valence-corrected chi connectivity index (χ4v) is 2.82. The maximum Gasteiger partial charge on any atom is 0.133 e. The molecule has 1 unspecified atom stereocenters. The highest BCUT2D eigenvalue weighted by molar-refractivity contribution is 5.47. The van der Waals surface area contributed by atoms with Gasteiger partial charge in [0.1, 0.15) is 5.82 Å². The van der Waals surface area contributed by atoms with Gasteiger partial charge in [0, 0.05) is 50.0 Å². The third-order valence-corrected chi connectivity index (χ3v) is 4.04. The van der Waals surface area contributed by atoms with Crippen LogP contribution in [0, 0.1) is 0 Å². The molecule has 1 aromatic heterocycles. The van der Waals surface area contributed by atoms with E-state index in [-0.39, 0.29) is 0 Å². The highest BCUT2D eigenvalue weighted by Gasteiger charge is 2.24. The van der Waals surface area contributed by atoms with Crippen LogP contribution in [-0.4, -0.2) is 48.1 Å². The van der Waals surface area contributed by atoms with E-state index in [1.165, 1.54) is 5.56 Å². The summed E-state index contributed by atoms with van der Waals surface area (Å²) in [5.74, 6) is 1.16. The van der Waals surface area contributed by atoms with Crippen LogP contribution in [0.4, 0.5) is 5.82 Å². The second kappa shape index (κ2) is 7.04. The van der Waals surface area contributed by atoms with Crippen LogP contribution in [0.25, 0.3) is 0 Å². The lowest BCUT2D eigenvalue weighted by molar-refractivity contribution is 0.199. The first kappa shape index (κ1) is 15.3. The van der Waals surface area contributed by atoms with Crippen molar-refractivity contribution in [2.45, 2.75) is 46.3 Å². The molecule has 1 N–H and O–H groups in total. The van der Waals surface area contributed by atoms with Gasteiger partial charge in [-0.2, -0.15) is 0 Å². The fourth-order valence-electron chi connectivity index (χ4n) is 2.82. The third-order valence-electron chi connectivity index (χ3n) is 4.04. The van der Waals surface area contributed by atoms with Crippen LogP contribution in [0.15, 0.2) is 18.3 Å². The number of aromatic nitrogens is 1. The van der Waals surface area contributed by atoms with Crippen LogP contribution < -0.4 is 10.2 Å². The molecule has 1 saturated heterocycles. The fraction of sp³-hybridized carbons (Fsp3) is 0.688. The number of pyridine rings is 1. The van der Waals surface area contributed by atoms with Gasteiger partial charge in [0.25, 0.3) is 0 Å². The summed E-state index contributed by atoms with van der Waals surface area (Å²) < 4.78 is 0. The molecule has 0 aromatic carbocycles. The molecule has 0 saturated carbocycles. The Labute approximate surface area is 123 Å². The summed E-state index contributed by atoms with van der Waals surface area (Å²) in [6.45, 7) is 14.2. The normalized spacial score (nSPS) is 20.6. The first-order chi connectivity index (χ1) is 9.61. The number of hydrogen-bond donors (Lipinski definition) is 1. The second-order valence-electron chi connectivity index (χ2n) is 5.95. The molecule has 112 valence electrons. The summed E-state index contributed by atoms with van der Waals surface area (Å²) in [4.78, 5) is 9.60. The minimum absolute atomic E-state index is 0.499. The van der Waals surface area contributed by atoms with Crippen molar-refractivity contribution < 1.29 is 0 Å². The number of likely N-dealkylation sites (N-methyl/N-ethyl adjacent to an activating group) is 1. The van der Waals surface area contributed by atoms with E-state index >= 15 is 0 Å². The maximum absolute atomic E-state index is 4.63. The van der Waals surface area contributed by atoms with Gasteiger partial charge in [-0.15, -0.1) is 0 Å². The van der Waals surface area contributed by atoms with Gasteiger partial charge in [-0.05, 0) is 19.5 Å². The standard InChI is InChI=1S/C16H28N4/c1-5-19-9-10-20(12-14(19)4)16-15(7-6-8-17-16)11-18-13(2)3/h6-8,13-14,18H,5,9-12H2,1-4H3. The van der Waals surface area contributed by atoms with Gasteiger partial charge >= 0.3 is 0 Å². The lowest BCUT2D eigenvalue weighted by Crippen LogP contribution is -2.52. The number of nitrogens with one attached hydrogen (secondary N) is 1. The van der Waals surface area contributed by atoms with E-state index in [2.05, 4.69) is 53.9 Å². The monoisotopic (exact) mass is 276 g/mol. The van der Waals surface area contributed by atoms with Gasteiger partial charge < -0.3 is 10.2 Å². The molecule has 1 aromatic rings. The minimum atomic E-state index is 0.499. The predicted molar refractivity (Wildman–Crippen MR) is 85.1 cm³/mol. The summed E-state index contributed by atoms with van der Waals surface area (Å²) >= 11 is 0. The van der Waals surface area contributed by atoms with E-state index < -0.39 is 0 Å². The van der Waals surface area contributed by atoms with Crippen molar-refractivity contribution in [3.8, 4) is 0 Å². The van der Waals surface area contributed by atoms with Gasteiger partial charge in [0.2, 0.25) is 0 Å². The van der Waals surface area contributed by atoms with E-state index in [9.17, 15) is 0 Å². The van der Waals surface area contributed by atoms with Crippen molar-refractivity contribution in [1.29, 1.82) is 0 Å². The highest BCUT2D eigenvalue weighted by Crippen LogP contribution is 2.21. The van der Waals surface area contributed by atoms with Crippen LogP contribution >= 0.6 is 0 Å². The molecular weight excluding hydrogens is 248 g/mol. The van der Waals surface area contributed by atoms with Gasteiger partial charge in [-0.3, -0.25) is 4.90 Å². The Bertz CT molecular complexity index is 419. The van der Waals surface area contributed by atoms with E-state index in [1.54, 1.807) is 0 Å². The molecule has 0 aliphatic carbocycles. The van der Waals surface area contributed by atoms with Gasteiger partial charge in [-0.25, -0.2) is 4.98 Å². The lowest BCUT2D eigenvalue weighted by atomic mass is 10.1. The van der Waals surface area contributed by atoms with E-state index in [4.69, 9.17) is 0 Å². The van der Waals surface area contributed by atoms with Crippen molar-refractivity contribution in [2.75, 3.05) is 31.1 Å². The minimum Gasteiger partial charge on any atom is -0.354 e. The maximum atomic E-state index is 4.63. The van der Waals surface area contributed by atoms with Crippen molar-refractivity contribution in [2.24, 2.45) is 0 Å². The molecule has 0 radical (unpaired) electrons. The van der Waals surface area contributed by atoms with Crippen LogP contribution in [0.2, 0.25) is 0 Å². The summed E-state index contributed by atoms with van der Waals surface area (Å²) in [7, 11) is 0. The SMILES string of the molecule is CCN1CCN(c2ncccc2CNC(C)C)CC1C. The quantitative estimate of drug-likeness (QED) is 0.892. The number of hydrogen-bond acceptors (Lipinski definition) is 4. The number of piperazine rings is 1. The Morgan fingerprint density at radius 2 is 2.20 bits per heavy atom. The zero-order valence-electron chi connectivity index (χ0n) is 13.3. The largest absolute Gasteiger partial charge is 0.354 e. The number of anilines is 1. The molecule has 20 heavy (non-hydrogen) atoms. The molecule has 2 rings (SSSR count). The lowest BCUT2D eigenvalue weighted by Gasteiger charge is -2.40. The topological polar surface area (TPSA) is 31.4 Å². The van der Waals surface area contributed by atoms with Crippen molar-refractivity contribution in [3.63, 3.8) is 0 Å². The molecule has 2 heterocycles. The molecule has 4 nitrogen and oxygen atoms in total. The molecule has 0 bridgehead atoms. The summed E-state index contributed by atoms with van der Waals surface area (Å²) in [5.41, 5.74) is 1.30. The Morgan fingerprint density at radius 1 is 1.40 bits per heavy atom. The average molecular weight is 276 g/mol. The van der Waals surface area contributed by atoms with Gasteiger partial charge in [0.05, 0.1) is 0 Å². The zero-order valence-corrected chi connectivity index (χ0v) is 13.3. The highest BCUT2D eigenvalue weighted by atomic mass is 15.3. The number of nitrogens with zero attached hydrogens (tertiary/aromatic N) is 3. The Kier molecular flexibility index (Phi) is 5.38. The Morgan fingerprint density at radius 3 is 2.85 bits per heavy atom. The first-order valence-electron chi connectivity index (χ1n) is 7.78. The molecule has 0 spiro atoms. The van der Waals surface area contributed by atoms with Crippen LogP contribution in [0.5, 0.6) is 0 Å².